The highest BCUT2D eigenvalue weighted by Gasteiger charge is 2.28. The van der Waals surface area contributed by atoms with Gasteiger partial charge < -0.3 is 20.7 Å². The average molecular weight is 477 g/mol. The summed E-state index contributed by atoms with van der Waals surface area (Å²) in [6.07, 6.45) is -0.553. The van der Waals surface area contributed by atoms with Gasteiger partial charge in [-0.25, -0.2) is 4.79 Å². The number of fused-ring (bicyclic) bond motifs is 1. The van der Waals surface area contributed by atoms with E-state index in [2.05, 4.69) is 32.9 Å². The number of carbonyl (C=O) groups excluding carboxylic acids is 2. The number of rotatable bonds is 7. The third-order valence-corrected chi connectivity index (χ3v) is 5.62. The topological polar surface area (TPSA) is 91.5 Å². The molecule has 0 saturated heterocycles. The monoisotopic (exact) mass is 476 g/mol. The molecule has 1 aliphatic rings. The lowest BCUT2D eigenvalue weighted by Crippen LogP contribution is -2.12. The van der Waals surface area contributed by atoms with E-state index in [-0.39, 0.29) is 5.91 Å². The normalized spacial score (nSPS) is 13.7. The first-order valence-electron chi connectivity index (χ1n) is 10.9. The fourth-order valence-corrected chi connectivity index (χ4v) is 3.85. The van der Waals surface area contributed by atoms with Gasteiger partial charge >= 0.3 is 6.09 Å². The maximum Gasteiger partial charge on any atom is 0.411 e. The van der Waals surface area contributed by atoms with Gasteiger partial charge in [0.15, 0.2) is 0 Å². The van der Waals surface area contributed by atoms with E-state index in [1.165, 1.54) is 12.7 Å². The fraction of sp³-hybridized carbons (Fsp3) is 0.154. The average Bonchev–Trinajstić information content (AvgIpc) is 3.17. The molecule has 0 fully saturated rings. The van der Waals surface area contributed by atoms with Gasteiger partial charge in [0.2, 0.25) is 0 Å². The summed E-state index contributed by atoms with van der Waals surface area (Å²) < 4.78 is 4.65. The van der Waals surface area contributed by atoms with E-state index in [0.717, 1.165) is 29.9 Å². The van der Waals surface area contributed by atoms with E-state index in [1.54, 1.807) is 24.3 Å². The van der Waals surface area contributed by atoms with Crippen LogP contribution in [0.25, 0.3) is 11.3 Å². The zero-order chi connectivity index (χ0) is 24.1. The third-order valence-electron chi connectivity index (χ3n) is 5.38. The summed E-state index contributed by atoms with van der Waals surface area (Å²) in [6.45, 7) is 3.75. The van der Waals surface area contributed by atoms with Gasteiger partial charge in [0.05, 0.1) is 24.1 Å². The molecular formula is C26H25ClN4O3. The molecule has 8 heteroatoms. The Morgan fingerprint density at radius 3 is 2.32 bits per heavy atom. The van der Waals surface area contributed by atoms with Gasteiger partial charge in [-0.1, -0.05) is 48.9 Å². The van der Waals surface area contributed by atoms with Crippen molar-refractivity contribution >= 4 is 51.9 Å². The van der Waals surface area contributed by atoms with Crippen LogP contribution in [0.15, 0.2) is 66.7 Å². The molecule has 0 saturated carbocycles. The van der Waals surface area contributed by atoms with Crippen LogP contribution in [0.5, 0.6) is 0 Å². The zero-order valence-corrected chi connectivity index (χ0v) is 19.6. The molecule has 0 unspecified atom stereocenters. The van der Waals surface area contributed by atoms with Crippen molar-refractivity contribution in [1.82, 2.24) is 5.32 Å². The summed E-state index contributed by atoms with van der Waals surface area (Å²) in [4.78, 5) is 24.6. The van der Waals surface area contributed by atoms with Crippen molar-refractivity contribution in [2.75, 3.05) is 29.6 Å². The number of ether oxygens (including phenoxy) is 1. The predicted molar refractivity (Wildman–Crippen MR) is 137 cm³/mol. The van der Waals surface area contributed by atoms with Crippen LogP contribution in [-0.4, -0.2) is 25.7 Å². The molecule has 3 aromatic carbocycles. The number of nitrogens with one attached hydrogen (secondary N) is 4. The van der Waals surface area contributed by atoms with E-state index in [4.69, 9.17) is 11.6 Å². The molecule has 4 rings (SSSR count). The van der Waals surface area contributed by atoms with Gasteiger partial charge in [-0.05, 0) is 54.1 Å². The Kier molecular flexibility index (Phi) is 7.15. The summed E-state index contributed by atoms with van der Waals surface area (Å²) in [7, 11) is 1.31. The van der Waals surface area contributed by atoms with Crippen LogP contribution >= 0.6 is 11.6 Å². The van der Waals surface area contributed by atoms with Crippen molar-refractivity contribution in [2.45, 2.75) is 13.5 Å². The summed E-state index contributed by atoms with van der Waals surface area (Å²) >= 11 is 6.13. The number of anilines is 3. The Balaban J connectivity index is 1.74. The molecule has 0 atom stereocenters. The quantitative estimate of drug-likeness (QED) is 0.335. The van der Waals surface area contributed by atoms with Gasteiger partial charge in [0.1, 0.15) is 0 Å². The fourth-order valence-electron chi connectivity index (χ4n) is 3.68. The molecule has 0 aliphatic carbocycles. The first-order valence-corrected chi connectivity index (χ1v) is 11.2. The highest BCUT2D eigenvalue weighted by Crippen LogP contribution is 2.39. The van der Waals surface area contributed by atoms with Crippen LogP contribution in [0, 0.1) is 0 Å². The predicted octanol–water partition coefficient (Wildman–Crippen LogP) is 5.56. The van der Waals surface area contributed by atoms with Gasteiger partial charge in [-0.15, -0.1) is 0 Å². The molecule has 0 aromatic heterocycles. The first kappa shape index (κ1) is 23.4. The zero-order valence-electron chi connectivity index (χ0n) is 18.9. The SMILES string of the molecule is CCNCc1ccc(NC(=C2C(=O)Nc3cc(Cl)ccc32)c2ccc(NC(=O)OC)cc2)cc1. The smallest absolute Gasteiger partial charge is 0.411 e. The Labute approximate surface area is 203 Å². The second-order valence-corrected chi connectivity index (χ2v) is 8.13. The second kappa shape index (κ2) is 10.4. The lowest BCUT2D eigenvalue weighted by Gasteiger charge is -2.16. The molecule has 3 aromatic rings. The van der Waals surface area contributed by atoms with E-state index in [9.17, 15) is 9.59 Å². The Hall–Kier alpha value is -3.81. The van der Waals surface area contributed by atoms with Crippen molar-refractivity contribution in [3.8, 4) is 0 Å². The molecule has 0 spiro atoms. The van der Waals surface area contributed by atoms with E-state index < -0.39 is 6.09 Å². The van der Waals surface area contributed by atoms with Gasteiger partial charge in [0, 0.05) is 28.5 Å². The summed E-state index contributed by atoms with van der Waals surface area (Å²) in [5, 5.41) is 12.8. The number of methoxy groups -OCH3 is 1. The molecule has 0 bridgehead atoms. The molecule has 0 radical (unpaired) electrons. The van der Waals surface area contributed by atoms with Crippen LogP contribution in [0.2, 0.25) is 5.02 Å². The standard InChI is InChI=1S/C26H25ClN4O3/c1-3-28-15-16-4-9-19(10-5-16)29-24(17-6-11-20(12-7-17)30-26(33)34-2)23-21-13-8-18(27)14-22(21)31-25(23)32/h4-14,28-29H,3,15H2,1-2H3,(H,30,33)(H,31,32). The molecule has 1 aliphatic heterocycles. The highest BCUT2D eigenvalue weighted by atomic mass is 35.5. The highest BCUT2D eigenvalue weighted by molar-refractivity contribution is 6.38. The molecule has 1 heterocycles. The third kappa shape index (κ3) is 5.22. The maximum atomic E-state index is 13.0. The largest absolute Gasteiger partial charge is 0.453 e. The molecule has 34 heavy (non-hydrogen) atoms. The van der Waals surface area contributed by atoms with Crippen molar-refractivity contribution in [3.63, 3.8) is 0 Å². The van der Waals surface area contributed by atoms with Crippen molar-refractivity contribution < 1.29 is 14.3 Å². The van der Waals surface area contributed by atoms with Gasteiger partial charge in [0.25, 0.3) is 5.91 Å². The minimum Gasteiger partial charge on any atom is -0.453 e. The Bertz CT molecular complexity index is 1240. The van der Waals surface area contributed by atoms with E-state index in [0.29, 0.717) is 27.7 Å². The summed E-state index contributed by atoms with van der Waals surface area (Å²) in [5.74, 6) is -0.222. The summed E-state index contributed by atoms with van der Waals surface area (Å²) in [6, 6.07) is 20.6. The Morgan fingerprint density at radius 1 is 0.971 bits per heavy atom. The van der Waals surface area contributed by atoms with Crippen LogP contribution in [0.1, 0.15) is 23.6 Å². The van der Waals surface area contributed by atoms with Crippen LogP contribution in [0.3, 0.4) is 0 Å². The Morgan fingerprint density at radius 2 is 1.65 bits per heavy atom. The number of halogens is 1. The van der Waals surface area contributed by atoms with Crippen LogP contribution < -0.4 is 21.3 Å². The molecule has 174 valence electrons. The minimum atomic E-state index is -0.553. The lowest BCUT2D eigenvalue weighted by atomic mass is 9.99. The van der Waals surface area contributed by atoms with E-state index in [1.807, 2.05) is 42.5 Å². The number of hydrogen-bond donors (Lipinski definition) is 4. The van der Waals surface area contributed by atoms with Crippen molar-refractivity contribution in [2.24, 2.45) is 0 Å². The minimum absolute atomic E-state index is 0.222. The second-order valence-electron chi connectivity index (χ2n) is 7.69. The van der Waals surface area contributed by atoms with Gasteiger partial charge in [-0.3, -0.25) is 10.1 Å². The van der Waals surface area contributed by atoms with Gasteiger partial charge in [-0.2, -0.15) is 0 Å². The molecular weight excluding hydrogens is 452 g/mol. The van der Waals surface area contributed by atoms with Crippen LogP contribution in [0.4, 0.5) is 21.9 Å². The maximum absolute atomic E-state index is 13.0. The summed E-state index contributed by atoms with van der Waals surface area (Å²) in [5.41, 5.74) is 5.94. The molecule has 7 nitrogen and oxygen atoms in total. The van der Waals surface area contributed by atoms with Crippen molar-refractivity contribution in [1.29, 1.82) is 0 Å². The van der Waals surface area contributed by atoms with E-state index >= 15 is 0 Å². The molecule has 2 amide bonds. The number of hydrogen-bond acceptors (Lipinski definition) is 5. The lowest BCUT2D eigenvalue weighted by molar-refractivity contribution is -0.110. The molecule has 4 N–H and O–H groups in total. The number of carbonyl (C=O) groups is 2. The first-order chi connectivity index (χ1) is 16.5. The number of benzene rings is 3. The van der Waals surface area contributed by atoms with Crippen molar-refractivity contribution in [3.05, 3.63) is 88.4 Å². The number of amides is 2. The van der Waals surface area contributed by atoms with Crippen LogP contribution in [-0.2, 0) is 16.1 Å².